The molecule has 7 nitrogen and oxygen atoms in total. The van der Waals surface area contributed by atoms with E-state index in [1.54, 1.807) is 55.5 Å². The van der Waals surface area contributed by atoms with Gasteiger partial charge in [0.05, 0.1) is 34.9 Å². The second kappa shape index (κ2) is 10.7. The predicted octanol–water partition coefficient (Wildman–Crippen LogP) is 6.39. The number of fused-ring (bicyclic) bond motifs is 1. The second-order valence-corrected chi connectivity index (χ2v) is 9.64. The van der Waals surface area contributed by atoms with Gasteiger partial charge in [0.1, 0.15) is 0 Å². The smallest absolute Gasteiger partial charge is 0.395 e. The first-order chi connectivity index (χ1) is 18.7. The van der Waals surface area contributed by atoms with Crippen molar-refractivity contribution in [2.75, 3.05) is 34.4 Å². The third-order valence-electron chi connectivity index (χ3n) is 7.23. The highest BCUT2D eigenvalue weighted by molar-refractivity contribution is 6.28. The van der Waals surface area contributed by atoms with Gasteiger partial charge < -0.3 is 5.11 Å². The van der Waals surface area contributed by atoms with Crippen LogP contribution in [0.2, 0.25) is 0 Å². The minimum absolute atomic E-state index is 0.0299. The average molecular weight is 539 g/mol. The lowest BCUT2D eigenvalue weighted by atomic mass is 10.1. The first-order valence-corrected chi connectivity index (χ1v) is 12.9. The highest BCUT2D eigenvalue weighted by Crippen LogP contribution is 2.43. The normalized spacial score (nSPS) is 18.5. The number of carbonyl (C=O) groups is 2. The average Bonchev–Trinajstić information content (AvgIpc) is 3.34. The van der Waals surface area contributed by atoms with E-state index in [1.807, 2.05) is 6.07 Å². The highest BCUT2D eigenvalue weighted by Gasteiger charge is 2.41. The number of para-hydroxylation sites is 1. The molecule has 204 valence electrons. The fourth-order valence-corrected chi connectivity index (χ4v) is 5.31. The van der Waals surface area contributed by atoms with Crippen LogP contribution in [0.3, 0.4) is 0 Å². The number of aliphatic hydroxyl groups is 1. The molecule has 0 bridgehead atoms. The summed E-state index contributed by atoms with van der Waals surface area (Å²) >= 11 is 0. The van der Waals surface area contributed by atoms with Crippen LogP contribution in [0.25, 0.3) is 0 Å². The van der Waals surface area contributed by atoms with Gasteiger partial charge in [-0.1, -0.05) is 30.3 Å². The minimum Gasteiger partial charge on any atom is -0.395 e. The number of nitrogens with zero attached hydrogens (tertiary/aromatic N) is 4. The summed E-state index contributed by atoms with van der Waals surface area (Å²) in [7, 11) is 0. The van der Waals surface area contributed by atoms with Crippen LogP contribution in [0.15, 0.2) is 72.8 Å². The third kappa shape index (κ3) is 5.09. The number of amides is 4. The second-order valence-electron chi connectivity index (χ2n) is 9.64. The molecule has 4 amide bonds. The Labute approximate surface area is 224 Å². The number of imide groups is 1. The lowest BCUT2D eigenvalue weighted by molar-refractivity contribution is -0.137. The van der Waals surface area contributed by atoms with Crippen LogP contribution in [0, 0.1) is 0 Å². The Morgan fingerprint density at radius 2 is 1.62 bits per heavy atom. The van der Waals surface area contributed by atoms with Crippen molar-refractivity contribution in [1.29, 1.82) is 0 Å². The molecule has 2 heterocycles. The number of halogens is 3. The maximum Gasteiger partial charge on any atom is 0.416 e. The molecule has 0 aliphatic carbocycles. The van der Waals surface area contributed by atoms with Gasteiger partial charge in [0.15, 0.2) is 0 Å². The van der Waals surface area contributed by atoms with Gasteiger partial charge in [0, 0.05) is 19.1 Å². The zero-order valence-electron chi connectivity index (χ0n) is 21.4. The molecule has 0 radical (unpaired) electrons. The lowest BCUT2D eigenvalue weighted by Crippen LogP contribution is -2.48. The molecule has 10 heteroatoms. The van der Waals surface area contributed by atoms with Crippen LogP contribution in [0.1, 0.15) is 30.9 Å². The number of carbonyl (C=O) groups excluding carboxylic acids is 2. The Morgan fingerprint density at radius 1 is 0.872 bits per heavy atom. The van der Waals surface area contributed by atoms with E-state index in [1.165, 1.54) is 11.0 Å². The van der Waals surface area contributed by atoms with E-state index in [2.05, 4.69) is 4.90 Å². The molecule has 1 N–H and O–H groups in total. The van der Waals surface area contributed by atoms with E-state index in [9.17, 15) is 27.9 Å². The largest absolute Gasteiger partial charge is 0.416 e. The highest BCUT2D eigenvalue weighted by atomic mass is 19.4. The quantitative estimate of drug-likeness (QED) is 0.395. The molecule has 0 aromatic heterocycles. The number of aliphatic hydroxyl groups excluding tert-OH is 1. The van der Waals surface area contributed by atoms with Crippen molar-refractivity contribution in [1.82, 2.24) is 4.90 Å². The molecule has 2 aliphatic rings. The summed E-state index contributed by atoms with van der Waals surface area (Å²) < 4.78 is 41.2. The number of hydrogen-bond acceptors (Lipinski definition) is 4. The van der Waals surface area contributed by atoms with Crippen molar-refractivity contribution in [2.45, 2.75) is 38.5 Å². The number of rotatable bonds is 6. The van der Waals surface area contributed by atoms with Crippen molar-refractivity contribution in [3.63, 3.8) is 0 Å². The molecule has 2 aliphatic heterocycles. The molecule has 1 fully saturated rings. The van der Waals surface area contributed by atoms with Crippen LogP contribution in [0.4, 0.5) is 45.5 Å². The van der Waals surface area contributed by atoms with Crippen LogP contribution in [-0.2, 0) is 12.7 Å². The third-order valence-corrected chi connectivity index (χ3v) is 7.23. The topological polar surface area (TPSA) is 67.3 Å². The summed E-state index contributed by atoms with van der Waals surface area (Å²) in [5, 5.41) is 9.70. The molecule has 5 rings (SSSR count). The molecular weight excluding hydrogens is 509 g/mol. The summed E-state index contributed by atoms with van der Waals surface area (Å²) in [6, 6.07) is 17.0. The molecule has 0 spiro atoms. The molecule has 39 heavy (non-hydrogen) atoms. The summed E-state index contributed by atoms with van der Waals surface area (Å²) in [6.45, 7) is 3.26. The van der Waals surface area contributed by atoms with Crippen molar-refractivity contribution in [3.05, 3.63) is 83.9 Å². The molecule has 3 aromatic rings. The number of benzene rings is 3. The van der Waals surface area contributed by atoms with Gasteiger partial charge in [0.25, 0.3) is 0 Å². The number of urea groups is 2. The zero-order valence-corrected chi connectivity index (χ0v) is 21.4. The monoisotopic (exact) mass is 538 g/mol. The number of hydrogen-bond donors (Lipinski definition) is 1. The molecule has 1 saturated heterocycles. The molecule has 0 unspecified atom stereocenters. The summed E-state index contributed by atoms with van der Waals surface area (Å²) in [6.07, 6.45) is -2.76. The van der Waals surface area contributed by atoms with Gasteiger partial charge >= 0.3 is 18.2 Å². The van der Waals surface area contributed by atoms with Crippen molar-refractivity contribution >= 4 is 34.8 Å². The van der Waals surface area contributed by atoms with Gasteiger partial charge in [-0.15, -0.1) is 0 Å². The maximum absolute atomic E-state index is 14.2. The van der Waals surface area contributed by atoms with Crippen LogP contribution >= 0.6 is 0 Å². The van der Waals surface area contributed by atoms with Crippen molar-refractivity contribution in [3.8, 4) is 0 Å². The first kappa shape index (κ1) is 26.7. The van der Waals surface area contributed by atoms with Crippen LogP contribution in [-0.4, -0.2) is 47.8 Å². The van der Waals surface area contributed by atoms with E-state index in [4.69, 9.17) is 0 Å². The van der Waals surface area contributed by atoms with Crippen LogP contribution in [0.5, 0.6) is 0 Å². The van der Waals surface area contributed by atoms with E-state index in [0.29, 0.717) is 17.9 Å². The fourth-order valence-electron chi connectivity index (χ4n) is 5.31. The summed E-state index contributed by atoms with van der Waals surface area (Å²) in [5.41, 5.74) is 0.747. The Bertz CT molecular complexity index is 1370. The minimum atomic E-state index is -4.64. The molecule has 0 saturated carbocycles. The first-order valence-electron chi connectivity index (χ1n) is 12.9. The number of anilines is 4. The number of alkyl halides is 3. The van der Waals surface area contributed by atoms with E-state index in [-0.39, 0.29) is 30.6 Å². The standard InChI is InChI=1S/C29H29F3N4O3/c1-2-34-25-14-13-21(29(30,31)32)17-26(25)35(22-9-4-3-5-10-22)28(39)36(27(34)38)23-11-6-8-20(16-23)18-33-15-7-12-24(33)19-37/h3-6,8-11,13-14,16-17,24,37H,2,7,12,15,18-19H2,1H3/t24-/m0/s1. The van der Waals surface area contributed by atoms with E-state index < -0.39 is 23.8 Å². The fraction of sp³-hybridized carbons (Fsp3) is 0.310. The Balaban J connectivity index is 1.62. The maximum atomic E-state index is 14.2. The number of likely N-dealkylation sites (tertiary alicyclic amines) is 1. The molecule has 1 atom stereocenters. The van der Waals surface area contributed by atoms with Gasteiger partial charge in [-0.2, -0.15) is 13.2 Å². The Kier molecular flexibility index (Phi) is 7.33. The predicted molar refractivity (Wildman–Crippen MR) is 143 cm³/mol. The van der Waals surface area contributed by atoms with Gasteiger partial charge in [-0.05, 0) is 74.3 Å². The van der Waals surface area contributed by atoms with E-state index >= 15 is 0 Å². The van der Waals surface area contributed by atoms with Gasteiger partial charge in [0.2, 0.25) is 0 Å². The summed E-state index contributed by atoms with van der Waals surface area (Å²) in [5.74, 6) is 0. The van der Waals surface area contributed by atoms with Crippen LogP contribution < -0.4 is 14.7 Å². The Morgan fingerprint density at radius 3 is 2.31 bits per heavy atom. The SMILES string of the molecule is CCN1C(=O)N(c2cccc(CN3CCC[C@H]3CO)c2)C(=O)N(c2ccccc2)c2cc(C(F)(F)F)ccc21. The van der Waals surface area contributed by atoms with E-state index in [0.717, 1.165) is 46.9 Å². The Hall–Kier alpha value is -3.89. The van der Waals surface area contributed by atoms with Gasteiger partial charge in [-0.25, -0.2) is 14.5 Å². The van der Waals surface area contributed by atoms with Gasteiger partial charge in [-0.3, -0.25) is 14.7 Å². The van der Waals surface area contributed by atoms with Crippen molar-refractivity contribution in [2.24, 2.45) is 0 Å². The summed E-state index contributed by atoms with van der Waals surface area (Å²) in [4.78, 5) is 33.7. The molecule has 3 aromatic carbocycles. The molecular formula is C29H29F3N4O3. The van der Waals surface area contributed by atoms with Crippen molar-refractivity contribution < 1.29 is 27.9 Å². The zero-order chi connectivity index (χ0) is 27.7. The lowest BCUT2D eigenvalue weighted by Gasteiger charge is -2.28.